The minimum atomic E-state index is -4.33. The van der Waals surface area contributed by atoms with Crippen molar-refractivity contribution in [2.75, 3.05) is 13.2 Å². The van der Waals surface area contributed by atoms with Gasteiger partial charge >= 0.3 is 12.1 Å². The van der Waals surface area contributed by atoms with E-state index < -0.39 is 41.3 Å². The molecule has 1 aliphatic heterocycles. The van der Waals surface area contributed by atoms with Crippen LogP contribution in [0, 0.1) is 17.6 Å². The lowest BCUT2D eigenvalue weighted by atomic mass is 10.1. The number of halogens is 4. The Morgan fingerprint density at radius 1 is 1.11 bits per heavy atom. The molecule has 0 amide bonds. The van der Waals surface area contributed by atoms with Gasteiger partial charge in [-0.25, -0.2) is 13.6 Å². The molecule has 0 radical (unpaired) electrons. The Kier molecular flexibility index (Phi) is 5.57. The summed E-state index contributed by atoms with van der Waals surface area (Å²) in [5.74, 6) is -4.64. The Morgan fingerprint density at radius 2 is 1.64 bits per heavy atom. The molecule has 2 aromatic carbocycles. The Morgan fingerprint density at radius 3 is 2.14 bits per heavy atom. The SMILES string of the molecule is CC1COC(c2cc(F)c(C(F)(F)Oc3ccc(C(=O)O)cc3)c(F)c2)OC1. The van der Waals surface area contributed by atoms with Crippen LogP contribution in [0.1, 0.15) is 34.7 Å². The van der Waals surface area contributed by atoms with Crippen molar-refractivity contribution in [1.29, 1.82) is 0 Å². The molecule has 9 heteroatoms. The van der Waals surface area contributed by atoms with Crippen molar-refractivity contribution in [2.24, 2.45) is 5.92 Å². The zero-order chi connectivity index (χ0) is 20.5. The number of carboxylic acid groups (broad SMARTS) is 1. The zero-order valence-corrected chi connectivity index (χ0v) is 14.6. The number of hydrogen-bond acceptors (Lipinski definition) is 4. The van der Waals surface area contributed by atoms with Gasteiger partial charge in [0.05, 0.1) is 18.8 Å². The normalized spacial score (nSPS) is 20.0. The van der Waals surface area contributed by atoms with Crippen LogP contribution >= 0.6 is 0 Å². The number of rotatable bonds is 5. The van der Waals surface area contributed by atoms with Crippen LogP contribution in [-0.2, 0) is 15.6 Å². The molecular weight excluding hydrogens is 384 g/mol. The first-order valence-corrected chi connectivity index (χ1v) is 8.30. The molecule has 3 rings (SSSR count). The Labute approximate surface area is 157 Å². The lowest BCUT2D eigenvalue weighted by Gasteiger charge is -2.28. The monoisotopic (exact) mass is 400 g/mol. The first kappa shape index (κ1) is 20.1. The van der Waals surface area contributed by atoms with Gasteiger partial charge in [0.2, 0.25) is 0 Å². The second-order valence-electron chi connectivity index (χ2n) is 6.41. The van der Waals surface area contributed by atoms with Gasteiger partial charge in [-0.3, -0.25) is 0 Å². The summed E-state index contributed by atoms with van der Waals surface area (Å²) < 4.78 is 72.4. The van der Waals surface area contributed by atoms with Crippen LogP contribution in [0.5, 0.6) is 5.75 Å². The number of ether oxygens (including phenoxy) is 3. The van der Waals surface area contributed by atoms with E-state index in [1.54, 1.807) is 0 Å². The van der Waals surface area contributed by atoms with E-state index in [2.05, 4.69) is 4.74 Å². The molecular formula is C19H16F4O5. The summed E-state index contributed by atoms with van der Waals surface area (Å²) >= 11 is 0. The van der Waals surface area contributed by atoms with Gasteiger partial charge in [-0.05, 0) is 36.4 Å². The predicted octanol–water partition coefficient (Wildman–Crippen LogP) is 4.47. The summed E-state index contributed by atoms with van der Waals surface area (Å²) in [6, 6.07) is 5.41. The number of carboxylic acids is 1. The highest BCUT2D eigenvalue weighted by Gasteiger charge is 2.41. The van der Waals surface area contributed by atoms with E-state index in [1.165, 1.54) is 0 Å². The maximum atomic E-state index is 14.4. The second-order valence-corrected chi connectivity index (χ2v) is 6.41. The molecule has 0 spiro atoms. The average Bonchev–Trinajstić information content (AvgIpc) is 2.61. The molecule has 0 unspecified atom stereocenters. The summed E-state index contributed by atoms with van der Waals surface area (Å²) in [7, 11) is 0. The van der Waals surface area contributed by atoms with E-state index in [0.717, 1.165) is 24.3 Å². The molecule has 150 valence electrons. The smallest absolute Gasteiger partial charge is 0.432 e. The van der Waals surface area contributed by atoms with Crippen LogP contribution in [0.3, 0.4) is 0 Å². The highest BCUT2D eigenvalue weighted by molar-refractivity contribution is 5.87. The van der Waals surface area contributed by atoms with Crippen molar-refractivity contribution in [2.45, 2.75) is 19.3 Å². The van der Waals surface area contributed by atoms with E-state index in [0.29, 0.717) is 25.3 Å². The van der Waals surface area contributed by atoms with Crippen LogP contribution in [0.2, 0.25) is 0 Å². The van der Waals surface area contributed by atoms with Gasteiger partial charge in [0, 0.05) is 11.5 Å². The first-order valence-electron chi connectivity index (χ1n) is 8.30. The van der Waals surface area contributed by atoms with Gasteiger partial charge in [-0.15, -0.1) is 0 Å². The fraction of sp³-hybridized carbons (Fsp3) is 0.316. The third-order valence-corrected chi connectivity index (χ3v) is 4.04. The van der Waals surface area contributed by atoms with Crippen molar-refractivity contribution < 1.29 is 41.7 Å². The highest BCUT2D eigenvalue weighted by atomic mass is 19.3. The molecule has 1 fully saturated rings. The standard InChI is InChI=1S/C19H16F4O5/c1-10-8-26-18(27-9-10)12-6-14(20)16(15(21)7-12)19(22,23)28-13-4-2-11(3-5-13)17(24)25/h2-7,10,18H,8-9H2,1H3,(H,24,25). The molecule has 0 aromatic heterocycles. The maximum absolute atomic E-state index is 14.4. The predicted molar refractivity (Wildman–Crippen MR) is 88.1 cm³/mol. The fourth-order valence-corrected chi connectivity index (χ4v) is 2.66. The van der Waals surface area contributed by atoms with Gasteiger partial charge in [-0.2, -0.15) is 8.78 Å². The van der Waals surface area contributed by atoms with Crippen molar-refractivity contribution >= 4 is 5.97 Å². The second kappa shape index (κ2) is 7.76. The largest absolute Gasteiger partial charge is 0.478 e. The zero-order valence-electron chi connectivity index (χ0n) is 14.6. The van der Waals surface area contributed by atoms with Gasteiger partial charge < -0.3 is 19.3 Å². The van der Waals surface area contributed by atoms with Crippen molar-refractivity contribution in [1.82, 2.24) is 0 Å². The van der Waals surface area contributed by atoms with E-state index >= 15 is 0 Å². The van der Waals surface area contributed by atoms with Gasteiger partial charge in [0.25, 0.3) is 0 Å². The molecule has 5 nitrogen and oxygen atoms in total. The van der Waals surface area contributed by atoms with E-state index in [1.807, 2.05) is 6.92 Å². The Balaban J connectivity index is 1.83. The van der Waals surface area contributed by atoms with Gasteiger partial charge in [0.15, 0.2) is 6.29 Å². The lowest BCUT2D eigenvalue weighted by Crippen LogP contribution is -2.27. The fourth-order valence-electron chi connectivity index (χ4n) is 2.66. The molecule has 1 aliphatic rings. The summed E-state index contributed by atoms with van der Waals surface area (Å²) in [5.41, 5.74) is -1.78. The minimum Gasteiger partial charge on any atom is -0.478 e. The molecule has 1 heterocycles. The number of aromatic carboxylic acids is 1. The number of hydrogen-bond donors (Lipinski definition) is 1. The van der Waals surface area contributed by atoms with Gasteiger partial charge in [-0.1, -0.05) is 6.92 Å². The highest BCUT2D eigenvalue weighted by Crippen LogP contribution is 2.37. The van der Waals surface area contributed by atoms with E-state index in [9.17, 15) is 22.4 Å². The van der Waals surface area contributed by atoms with Crippen LogP contribution in [0.15, 0.2) is 36.4 Å². The minimum absolute atomic E-state index is 0.0627. The van der Waals surface area contributed by atoms with Crippen LogP contribution < -0.4 is 4.74 Å². The van der Waals surface area contributed by atoms with Crippen molar-refractivity contribution in [3.63, 3.8) is 0 Å². The lowest BCUT2D eigenvalue weighted by molar-refractivity contribution is -0.203. The first-order chi connectivity index (χ1) is 13.2. The van der Waals surface area contributed by atoms with Crippen LogP contribution in [0.4, 0.5) is 17.6 Å². The topological polar surface area (TPSA) is 65.0 Å². The third kappa shape index (κ3) is 4.26. The number of benzene rings is 2. The maximum Gasteiger partial charge on any atom is 0.432 e. The molecule has 0 bridgehead atoms. The van der Waals surface area contributed by atoms with E-state index in [-0.39, 0.29) is 17.0 Å². The summed E-state index contributed by atoms with van der Waals surface area (Å²) in [4.78, 5) is 10.8. The van der Waals surface area contributed by atoms with Gasteiger partial charge in [0.1, 0.15) is 22.9 Å². The van der Waals surface area contributed by atoms with Crippen molar-refractivity contribution in [3.8, 4) is 5.75 Å². The molecule has 28 heavy (non-hydrogen) atoms. The molecule has 0 saturated carbocycles. The molecule has 1 saturated heterocycles. The molecule has 2 aromatic rings. The summed E-state index contributed by atoms with van der Waals surface area (Å²) in [6.07, 6.45) is -5.38. The van der Waals surface area contributed by atoms with Crippen molar-refractivity contribution in [3.05, 3.63) is 64.7 Å². The van der Waals surface area contributed by atoms with Crippen LogP contribution in [0.25, 0.3) is 0 Å². The summed E-state index contributed by atoms with van der Waals surface area (Å²) in [5, 5.41) is 8.80. The Hall–Kier alpha value is -2.65. The summed E-state index contributed by atoms with van der Waals surface area (Å²) in [6.45, 7) is 2.48. The number of carbonyl (C=O) groups is 1. The third-order valence-electron chi connectivity index (χ3n) is 4.04. The quantitative estimate of drug-likeness (QED) is 0.751. The molecule has 0 atom stereocenters. The Bertz CT molecular complexity index is 838. The number of alkyl halides is 2. The average molecular weight is 400 g/mol. The molecule has 0 aliphatic carbocycles. The van der Waals surface area contributed by atoms with E-state index in [4.69, 9.17) is 14.6 Å². The molecule has 1 N–H and O–H groups in total. The van der Waals surface area contributed by atoms with Crippen LogP contribution in [-0.4, -0.2) is 24.3 Å².